The summed E-state index contributed by atoms with van der Waals surface area (Å²) in [6.45, 7) is 3.15. The van der Waals surface area contributed by atoms with Crippen LogP contribution in [0.3, 0.4) is 0 Å². The van der Waals surface area contributed by atoms with Crippen molar-refractivity contribution in [2.24, 2.45) is 4.99 Å². The largest absolute Gasteiger partial charge is 0.381 e. The SMILES string of the molecule is CN=C(NCCCCOCCc1ccccc1)NCCc1cccc(C(=O)NC)c1. The van der Waals surface area contributed by atoms with E-state index in [0.29, 0.717) is 5.56 Å². The number of amides is 1. The van der Waals surface area contributed by atoms with E-state index in [1.54, 1.807) is 14.1 Å². The second-order valence-electron chi connectivity index (χ2n) is 7.01. The number of nitrogens with zero attached hydrogens (tertiary/aromatic N) is 1. The predicted octanol–water partition coefficient (Wildman–Crippen LogP) is 2.79. The van der Waals surface area contributed by atoms with Gasteiger partial charge in [-0.25, -0.2) is 0 Å². The van der Waals surface area contributed by atoms with Crippen molar-refractivity contribution in [3.05, 3.63) is 71.3 Å². The standard InChI is InChI=1S/C24H34N4O2/c1-25-23(29)22-12-8-11-21(19-22)13-16-28-24(26-2)27-15-6-7-17-30-18-14-20-9-4-3-5-10-20/h3-5,8-12,19H,6-7,13-18H2,1-2H3,(H,25,29)(H2,26,27,28). The van der Waals surface area contributed by atoms with Crippen LogP contribution in [0.1, 0.15) is 34.3 Å². The van der Waals surface area contributed by atoms with Gasteiger partial charge in [-0.3, -0.25) is 9.79 Å². The zero-order valence-electron chi connectivity index (χ0n) is 18.1. The number of rotatable bonds is 12. The molecule has 1 amide bonds. The molecule has 0 aliphatic carbocycles. The molecule has 30 heavy (non-hydrogen) atoms. The van der Waals surface area contributed by atoms with E-state index in [1.165, 1.54) is 5.56 Å². The van der Waals surface area contributed by atoms with Gasteiger partial charge in [-0.1, -0.05) is 42.5 Å². The van der Waals surface area contributed by atoms with Gasteiger partial charge in [-0.05, 0) is 48.9 Å². The molecule has 0 unspecified atom stereocenters. The highest BCUT2D eigenvalue weighted by atomic mass is 16.5. The smallest absolute Gasteiger partial charge is 0.251 e. The zero-order valence-corrected chi connectivity index (χ0v) is 18.1. The number of guanidine groups is 1. The second-order valence-corrected chi connectivity index (χ2v) is 7.01. The second kappa shape index (κ2) is 14.2. The Morgan fingerprint density at radius 1 is 0.900 bits per heavy atom. The van der Waals surface area contributed by atoms with Crippen molar-refractivity contribution in [2.45, 2.75) is 25.7 Å². The summed E-state index contributed by atoms with van der Waals surface area (Å²) in [4.78, 5) is 16.0. The fourth-order valence-electron chi connectivity index (χ4n) is 3.03. The molecule has 0 saturated heterocycles. The topological polar surface area (TPSA) is 74.8 Å². The Kier molecular flexibility index (Phi) is 11.1. The van der Waals surface area contributed by atoms with Crippen LogP contribution in [0, 0.1) is 0 Å². The van der Waals surface area contributed by atoms with Gasteiger partial charge in [-0.15, -0.1) is 0 Å². The third-order valence-corrected chi connectivity index (χ3v) is 4.73. The van der Waals surface area contributed by atoms with E-state index in [0.717, 1.165) is 63.5 Å². The van der Waals surface area contributed by atoms with E-state index >= 15 is 0 Å². The molecule has 0 bridgehead atoms. The highest BCUT2D eigenvalue weighted by molar-refractivity contribution is 5.94. The number of ether oxygens (including phenoxy) is 1. The van der Waals surface area contributed by atoms with Crippen LogP contribution >= 0.6 is 0 Å². The van der Waals surface area contributed by atoms with Gasteiger partial charge in [0.25, 0.3) is 5.91 Å². The minimum atomic E-state index is -0.0636. The van der Waals surface area contributed by atoms with Crippen LogP contribution < -0.4 is 16.0 Å². The van der Waals surface area contributed by atoms with Gasteiger partial charge in [0.15, 0.2) is 5.96 Å². The van der Waals surface area contributed by atoms with Gasteiger partial charge < -0.3 is 20.7 Å². The highest BCUT2D eigenvalue weighted by Crippen LogP contribution is 2.05. The molecule has 0 heterocycles. The maximum Gasteiger partial charge on any atom is 0.251 e. The fraction of sp³-hybridized carbons (Fsp3) is 0.417. The number of carbonyl (C=O) groups is 1. The maximum absolute atomic E-state index is 11.7. The normalized spacial score (nSPS) is 11.2. The van der Waals surface area contributed by atoms with Crippen LogP contribution in [-0.4, -0.2) is 52.3 Å². The lowest BCUT2D eigenvalue weighted by molar-refractivity contribution is 0.0963. The van der Waals surface area contributed by atoms with Crippen molar-refractivity contribution in [2.75, 3.05) is 40.4 Å². The molecule has 0 aliphatic heterocycles. The van der Waals surface area contributed by atoms with Crippen LogP contribution in [0.5, 0.6) is 0 Å². The van der Waals surface area contributed by atoms with E-state index in [-0.39, 0.29) is 5.91 Å². The van der Waals surface area contributed by atoms with Crippen LogP contribution in [-0.2, 0) is 17.6 Å². The van der Waals surface area contributed by atoms with Gasteiger partial charge in [-0.2, -0.15) is 0 Å². The molecule has 6 heteroatoms. The number of hydrogen-bond donors (Lipinski definition) is 3. The van der Waals surface area contributed by atoms with Crippen molar-refractivity contribution in [1.29, 1.82) is 0 Å². The molecule has 0 radical (unpaired) electrons. The Hall–Kier alpha value is -2.86. The number of carbonyl (C=O) groups excluding carboxylic acids is 1. The summed E-state index contributed by atoms with van der Waals surface area (Å²) in [6.07, 6.45) is 3.83. The van der Waals surface area contributed by atoms with Gasteiger partial charge in [0.05, 0.1) is 6.61 Å². The molecule has 0 spiro atoms. The van der Waals surface area contributed by atoms with Crippen molar-refractivity contribution < 1.29 is 9.53 Å². The van der Waals surface area contributed by atoms with Crippen LogP contribution in [0.4, 0.5) is 0 Å². The molecule has 162 valence electrons. The molecule has 0 saturated carbocycles. The molecule has 0 aliphatic rings. The average Bonchev–Trinajstić information content (AvgIpc) is 2.79. The first-order chi connectivity index (χ1) is 14.7. The molecule has 2 aromatic rings. The first-order valence-corrected chi connectivity index (χ1v) is 10.6. The lowest BCUT2D eigenvalue weighted by Gasteiger charge is -2.12. The van der Waals surface area contributed by atoms with E-state index < -0.39 is 0 Å². The number of benzene rings is 2. The summed E-state index contributed by atoms with van der Waals surface area (Å²) in [6, 6.07) is 18.1. The van der Waals surface area contributed by atoms with Crippen molar-refractivity contribution in [3.8, 4) is 0 Å². The molecule has 0 atom stereocenters. The van der Waals surface area contributed by atoms with E-state index in [9.17, 15) is 4.79 Å². The zero-order chi connectivity index (χ0) is 21.4. The number of nitrogens with one attached hydrogen (secondary N) is 3. The van der Waals surface area contributed by atoms with E-state index in [1.807, 2.05) is 30.3 Å². The Morgan fingerprint density at radius 2 is 1.67 bits per heavy atom. The van der Waals surface area contributed by atoms with Crippen LogP contribution in [0.15, 0.2) is 59.6 Å². The third kappa shape index (κ3) is 9.09. The summed E-state index contributed by atoms with van der Waals surface area (Å²) in [5.41, 5.74) is 3.12. The summed E-state index contributed by atoms with van der Waals surface area (Å²) in [7, 11) is 3.41. The van der Waals surface area contributed by atoms with Crippen LogP contribution in [0.2, 0.25) is 0 Å². The predicted molar refractivity (Wildman–Crippen MR) is 123 cm³/mol. The van der Waals surface area contributed by atoms with Gasteiger partial charge in [0.1, 0.15) is 0 Å². The lowest BCUT2D eigenvalue weighted by atomic mass is 10.1. The Labute approximate surface area is 180 Å². The highest BCUT2D eigenvalue weighted by Gasteiger charge is 2.04. The van der Waals surface area contributed by atoms with Gasteiger partial charge >= 0.3 is 0 Å². The number of unbranched alkanes of at least 4 members (excludes halogenated alkanes) is 1. The number of hydrogen-bond acceptors (Lipinski definition) is 3. The van der Waals surface area contributed by atoms with Crippen LogP contribution in [0.25, 0.3) is 0 Å². The van der Waals surface area contributed by atoms with Crippen molar-refractivity contribution >= 4 is 11.9 Å². The minimum absolute atomic E-state index is 0.0636. The molecule has 3 N–H and O–H groups in total. The third-order valence-electron chi connectivity index (χ3n) is 4.73. The molecule has 2 aromatic carbocycles. The lowest BCUT2D eigenvalue weighted by Crippen LogP contribution is -2.38. The van der Waals surface area contributed by atoms with Gasteiger partial charge in [0.2, 0.25) is 0 Å². The number of aliphatic imine (C=N–C) groups is 1. The van der Waals surface area contributed by atoms with E-state index in [4.69, 9.17) is 4.74 Å². The Bertz CT molecular complexity index is 778. The Morgan fingerprint density at radius 3 is 2.43 bits per heavy atom. The fourth-order valence-corrected chi connectivity index (χ4v) is 3.03. The molecule has 2 rings (SSSR count). The first-order valence-electron chi connectivity index (χ1n) is 10.6. The van der Waals surface area contributed by atoms with Crippen molar-refractivity contribution in [1.82, 2.24) is 16.0 Å². The summed E-state index contributed by atoms with van der Waals surface area (Å²) >= 11 is 0. The maximum atomic E-state index is 11.7. The monoisotopic (exact) mass is 410 g/mol. The Balaban J connectivity index is 1.53. The summed E-state index contributed by atoms with van der Waals surface area (Å²) in [5, 5.41) is 9.30. The molecule has 0 aromatic heterocycles. The van der Waals surface area contributed by atoms with Crippen molar-refractivity contribution in [3.63, 3.8) is 0 Å². The quantitative estimate of drug-likeness (QED) is 0.286. The summed E-state index contributed by atoms with van der Waals surface area (Å²) < 4.78 is 5.72. The average molecular weight is 411 g/mol. The molecular weight excluding hydrogens is 376 g/mol. The molecule has 6 nitrogen and oxygen atoms in total. The summed E-state index contributed by atoms with van der Waals surface area (Å²) in [5.74, 6) is 0.730. The first kappa shape index (κ1) is 23.4. The molecule has 0 fully saturated rings. The minimum Gasteiger partial charge on any atom is -0.381 e. The van der Waals surface area contributed by atoms with E-state index in [2.05, 4.69) is 45.2 Å². The van der Waals surface area contributed by atoms with Gasteiger partial charge in [0, 0.05) is 39.4 Å². The molecular formula is C24H34N4O2.